The third kappa shape index (κ3) is 4.35. The molecule has 2 rings (SSSR count). The summed E-state index contributed by atoms with van der Waals surface area (Å²) in [6.45, 7) is 0.481. The number of thiol groups is 1. The highest BCUT2D eigenvalue weighted by atomic mass is 32.2. The summed E-state index contributed by atoms with van der Waals surface area (Å²) in [7, 11) is -1.39. The number of hydrogen-bond donors (Lipinski definition) is 1. The molecule has 2 aromatic rings. The van der Waals surface area contributed by atoms with Gasteiger partial charge in [0.1, 0.15) is 5.01 Å². The van der Waals surface area contributed by atoms with E-state index in [2.05, 4.69) is 9.72 Å². The van der Waals surface area contributed by atoms with E-state index in [-0.39, 0.29) is 13.1 Å². The molecule has 0 fully saturated rings. The van der Waals surface area contributed by atoms with Gasteiger partial charge in [-0.3, -0.25) is 0 Å². The van der Waals surface area contributed by atoms with E-state index in [1.165, 1.54) is 22.8 Å². The van der Waals surface area contributed by atoms with Crippen molar-refractivity contribution in [2.75, 3.05) is 7.11 Å². The van der Waals surface area contributed by atoms with Crippen molar-refractivity contribution in [1.29, 1.82) is 0 Å². The normalized spacial score (nSPS) is 11.0. The minimum absolute atomic E-state index is 0.236. The van der Waals surface area contributed by atoms with E-state index < -0.39 is 16.9 Å². The number of rotatable bonds is 6. The first-order valence-corrected chi connectivity index (χ1v) is 8.06. The Morgan fingerprint density at radius 3 is 2.52 bits per heavy atom. The van der Waals surface area contributed by atoms with E-state index in [1.54, 1.807) is 35.8 Å². The van der Waals surface area contributed by atoms with Crippen LogP contribution in [0.25, 0.3) is 0 Å². The molecule has 112 valence electrons. The van der Waals surface area contributed by atoms with Crippen LogP contribution in [0.5, 0.6) is 0 Å². The zero-order chi connectivity index (χ0) is 15.2. The summed E-state index contributed by atoms with van der Waals surface area (Å²) in [5, 5.41) is 2.54. The molecule has 1 aromatic heterocycles. The van der Waals surface area contributed by atoms with Crippen molar-refractivity contribution in [3.63, 3.8) is 0 Å². The SMILES string of the molecule is COC(=O)c1ccc(CN(Cc2nccs2)[SH](=O)=O)cc1. The number of hydrogen-bond acceptors (Lipinski definition) is 6. The van der Waals surface area contributed by atoms with Gasteiger partial charge in [-0.25, -0.2) is 18.2 Å². The second-order valence-corrected chi connectivity index (χ2v) is 6.20. The Kier molecular flexibility index (Phi) is 5.43. The third-order valence-electron chi connectivity index (χ3n) is 2.77. The van der Waals surface area contributed by atoms with Crippen LogP contribution in [0.15, 0.2) is 35.8 Å². The van der Waals surface area contributed by atoms with E-state index >= 15 is 0 Å². The fraction of sp³-hybridized carbons (Fsp3) is 0.231. The summed E-state index contributed by atoms with van der Waals surface area (Å²) in [5.41, 5.74) is 1.22. The zero-order valence-electron chi connectivity index (χ0n) is 11.3. The van der Waals surface area contributed by atoms with Gasteiger partial charge in [0.15, 0.2) is 0 Å². The summed E-state index contributed by atoms with van der Waals surface area (Å²) >= 11 is 1.41. The van der Waals surface area contributed by atoms with Crippen LogP contribution in [-0.2, 0) is 28.7 Å². The first kappa shape index (κ1) is 15.6. The number of aromatic nitrogens is 1. The van der Waals surface area contributed by atoms with Gasteiger partial charge in [-0.1, -0.05) is 12.1 Å². The Balaban J connectivity index is 2.08. The van der Waals surface area contributed by atoms with Crippen LogP contribution < -0.4 is 0 Å². The predicted molar refractivity (Wildman–Crippen MR) is 79.5 cm³/mol. The average Bonchev–Trinajstić information content (AvgIpc) is 2.99. The highest BCUT2D eigenvalue weighted by molar-refractivity contribution is 7.69. The van der Waals surface area contributed by atoms with Gasteiger partial charge in [0.2, 0.25) is 10.9 Å². The van der Waals surface area contributed by atoms with Gasteiger partial charge >= 0.3 is 5.97 Å². The van der Waals surface area contributed by atoms with Crippen molar-refractivity contribution in [2.45, 2.75) is 13.1 Å². The Morgan fingerprint density at radius 2 is 2.00 bits per heavy atom. The maximum atomic E-state index is 11.3. The van der Waals surface area contributed by atoms with Crippen molar-refractivity contribution < 1.29 is 17.9 Å². The Bertz CT molecular complexity index is 658. The molecule has 21 heavy (non-hydrogen) atoms. The van der Waals surface area contributed by atoms with Crippen molar-refractivity contribution in [3.8, 4) is 0 Å². The van der Waals surface area contributed by atoms with Crippen LogP contribution in [0, 0.1) is 0 Å². The van der Waals surface area contributed by atoms with E-state index in [0.29, 0.717) is 5.56 Å². The molecule has 0 saturated heterocycles. The van der Waals surface area contributed by atoms with E-state index in [4.69, 9.17) is 0 Å². The number of benzene rings is 1. The largest absolute Gasteiger partial charge is 0.465 e. The van der Waals surface area contributed by atoms with Gasteiger partial charge in [-0.15, -0.1) is 11.3 Å². The first-order chi connectivity index (χ1) is 10.1. The summed E-state index contributed by atoms with van der Waals surface area (Å²) in [6, 6.07) is 6.64. The monoisotopic (exact) mass is 326 g/mol. The molecule has 1 aromatic carbocycles. The van der Waals surface area contributed by atoms with Crippen molar-refractivity contribution in [2.24, 2.45) is 0 Å². The van der Waals surface area contributed by atoms with E-state index in [9.17, 15) is 13.2 Å². The van der Waals surface area contributed by atoms with Gasteiger partial charge in [-0.05, 0) is 17.7 Å². The summed E-state index contributed by atoms with van der Waals surface area (Å²) < 4.78 is 28.6. The molecule has 0 atom stereocenters. The molecule has 0 bridgehead atoms. The van der Waals surface area contributed by atoms with Gasteiger partial charge in [0.05, 0.1) is 19.2 Å². The molecule has 0 amide bonds. The van der Waals surface area contributed by atoms with Crippen LogP contribution in [0.2, 0.25) is 0 Å². The molecule has 0 N–H and O–H groups in total. The maximum Gasteiger partial charge on any atom is 0.337 e. The quantitative estimate of drug-likeness (QED) is 0.642. The topological polar surface area (TPSA) is 76.6 Å². The first-order valence-electron chi connectivity index (χ1n) is 6.05. The molecule has 0 aliphatic rings. The lowest BCUT2D eigenvalue weighted by Gasteiger charge is -2.13. The number of thiazole rings is 1. The number of carbonyl (C=O) groups excluding carboxylic acids is 1. The van der Waals surface area contributed by atoms with Crippen LogP contribution in [-0.4, -0.2) is 30.8 Å². The second kappa shape index (κ2) is 7.30. The highest BCUT2D eigenvalue weighted by Crippen LogP contribution is 2.13. The number of methoxy groups -OCH3 is 1. The lowest BCUT2D eigenvalue weighted by Crippen LogP contribution is -2.20. The fourth-order valence-corrected chi connectivity index (χ4v) is 2.99. The van der Waals surface area contributed by atoms with Crippen LogP contribution in [0.3, 0.4) is 0 Å². The smallest absolute Gasteiger partial charge is 0.337 e. The van der Waals surface area contributed by atoms with Crippen LogP contribution in [0.1, 0.15) is 20.9 Å². The lowest BCUT2D eigenvalue weighted by atomic mass is 10.1. The van der Waals surface area contributed by atoms with E-state index in [1.807, 2.05) is 0 Å². The van der Waals surface area contributed by atoms with Crippen molar-refractivity contribution in [3.05, 3.63) is 52.0 Å². The van der Waals surface area contributed by atoms with E-state index in [0.717, 1.165) is 10.6 Å². The number of carbonyl (C=O) groups is 1. The van der Waals surface area contributed by atoms with Crippen molar-refractivity contribution >= 4 is 28.2 Å². The van der Waals surface area contributed by atoms with Gasteiger partial charge in [-0.2, -0.15) is 4.31 Å². The van der Waals surface area contributed by atoms with Crippen LogP contribution >= 0.6 is 11.3 Å². The summed E-state index contributed by atoms with van der Waals surface area (Å²) in [5.74, 6) is -0.420. The Morgan fingerprint density at radius 1 is 1.29 bits per heavy atom. The van der Waals surface area contributed by atoms with Gasteiger partial charge in [0, 0.05) is 18.1 Å². The predicted octanol–water partition coefficient (Wildman–Crippen LogP) is 1.46. The molecule has 0 spiro atoms. The lowest BCUT2D eigenvalue weighted by molar-refractivity contribution is 0.0600. The molecule has 0 saturated carbocycles. The number of nitrogens with zero attached hydrogens (tertiary/aromatic N) is 2. The summed E-state index contributed by atoms with van der Waals surface area (Å²) in [6.07, 6.45) is 1.64. The molecule has 0 unspecified atom stereocenters. The maximum absolute atomic E-state index is 11.3. The number of ether oxygens (including phenoxy) is 1. The highest BCUT2D eigenvalue weighted by Gasteiger charge is 2.12. The second-order valence-electron chi connectivity index (χ2n) is 4.17. The minimum atomic E-state index is -2.71. The van der Waals surface area contributed by atoms with Crippen molar-refractivity contribution in [1.82, 2.24) is 9.29 Å². The van der Waals surface area contributed by atoms with Crippen LogP contribution in [0.4, 0.5) is 0 Å². The average molecular weight is 326 g/mol. The molecule has 0 aliphatic carbocycles. The molecular weight excluding hydrogens is 312 g/mol. The molecule has 8 heteroatoms. The molecule has 6 nitrogen and oxygen atoms in total. The standard InChI is InChI=1S/C13H14N2O4S2/c1-19-13(16)11-4-2-10(3-5-11)8-15(21(17)18)9-12-14-6-7-20-12/h2-7,21H,8-9H2,1H3. The summed E-state index contributed by atoms with van der Waals surface area (Å²) in [4.78, 5) is 15.4. The Hall–Kier alpha value is -1.77. The fourth-order valence-electron chi connectivity index (χ4n) is 1.73. The molecule has 0 aliphatic heterocycles. The molecule has 0 radical (unpaired) electrons. The number of esters is 1. The molecular formula is C13H14N2O4S2. The Labute approximate surface area is 128 Å². The zero-order valence-corrected chi connectivity index (χ0v) is 13.0. The van der Waals surface area contributed by atoms with Gasteiger partial charge < -0.3 is 4.74 Å². The van der Waals surface area contributed by atoms with Gasteiger partial charge in [0.25, 0.3) is 0 Å². The molecule has 1 heterocycles. The third-order valence-corrected chi connectivity index (χ3v) is 4.28. The minimum Gasteiger partial charge on any atom is -0.465 e.